The second-order valence-electron chi connectivity index (χ2n) is 6.79. The van der Waals surface area contributed by atoms with Gasteiger partial charge in [-0.1, -0.05) is 17.7 Å². The van der Waals surface area contributed by atoms with Gasteiger partial charge in [0.1, 0.15) is 24.0 Å². The second-order valence-corrected chi connectivity index (χ2v) is 7.20. The molecule has 1 atom stereocenters. The summed E-state index contributed by atoms with van der Waals surface area (Å²) >= 11 is 6.33. The Balaban J connectivity index is 1.38. The first-order valence-corrected chi connectivity index (χ1v) is 9.49. The van der Waals surface area contributed by atoms with Crippen LogP contribution in [0.2, 0.25) is 5.02 Å². The third-order valence-electron chi connectivity index (χ3n) is 4.82. The molecule has 1 amide bonds. The molecule has 0 bridgehead atoms. The molecule has 28 heavy (non-hydrogen) atoms. The lowest BCUT2D eigenvalue weighted by Gasteiger charge is -2.23. The van der Waals surface area contributed by atoms with Crippen LogP contribution < -0.4 is 10.1 Å². The number of benzene rings is 1. The lowest BCUT2D eigenvalue weighted by molar-refractivity contribution is -0.120. The predicted octanol–water partition coefficient (Wildman–Crippen LogP) is 3.42. The number of aromatic nitrogens is 4. The van der Waals surface area contributed by atoms with Crippen LogP contribution in [-0.2, 0) is 24.4 Å². The van der Waals surface area contributed by atoms with Crippen LogP contribution in [0.1, 0.15) is 23.6 Å². The Bertz CT molecular complexity index is 990. The minimum atomic E-state index is -0.123. The van der Waals surface area contributed by atoms with E-state index in [2.05, 4.69) is 20.5 Å². The van der Waals surface area contributed by atoms with Crippen molar-refractivity contribution in [3.8, 4) is 5.75 Å². The van der Waals surface area contributed by atoms with Crippen molar-refractivity contribution in [1.82, 2.24) is 19.7 Å². The minimum absolute atomic E-state index is 0.0288. The lowest BCUT2D eigenvalue weighted by Crippen LogP contribution is -2.31. The number of hydrogen-bond donors (Lipinski definition) is 1. The van der Waals surface area contributed by atoms with Crippen LogP contribution in [0.25, 0.3) is 0 Å². The summed E-state index contributed by atoms with van der Waals surface area (Å²) in [5.74, 6) is 2.19. The Morgan fingerprint density at radius 1 is 1.36 bits per heavy atom. The van der Waals surface area contributed by atoms with Gasteiger partial charge in [-0.2, -0.15) is 0 Å². The highest BCUT2D eigenvalue weighted by molar-refractivity contribution is 6.32. The molecule has 7 nitrogen and oxygen atoms in total. The molecular formula is C20H20ClN5O2. The number of rotatable bonds is 5. The van der Waals surface area contributed by atoms with Crippen LogP contribution >= 0.6 is 11.6 Å². The van der Waals surface area contributed by atoms with Crippen LogP contribution in [0.3, 0.4) is 0 Å². The molecule has 1 aliphatic rings. The molecule has 0 aliphatic carbocycles. The third kappa shape index (κ3) is 3.99. The van der Waals surface area contributed by atoms with E-state index in [1.54, 1.807) is 30.6 Å². The maximum atomic E-state index is 12.7. The molecule has 0 radical (unpaired) electrons. The number of anilines is 1. The molecule has 1 aromatic carbocycles. The number of amides is 1. The van der Waals surface area contributed by atoms with Crippen molar-refractivity contribution in [1.29, 1.82) is 0 Å². The van der Waals surface area contributed by atoms with Gasteiger partial charge in [0.05, 0.1) is 10.9 Å². The zero-order valence-electron chi connectivity index (χ0n) is 15.4. The molecule has 0 fully saturated rings. The number of carbonyl (C=O) groups excluding carboxylic acids is 1. The molecule has 1 N–H and O–H groups in total. The van der Waals surface area contributed by atoms with Crippen LogP contribution in [0, 0.1) is 12.8 Å². The Morgan fingerprint density at radius 2 is 2.25 bits per heavy atom. The average molecular weight is 398 g/mol. The number of carbonyl (C=O) groups is 1. The van der Waals surface area contributed by atoms with E-state index < -0.39 is 0 Å². The number of ether oxygens (including phenoxy) is 1. The van der Waals surface area contributed by atoms with Crippen molar-refractivity contribution < 1.29 is 9.53 Å². The molecule has 0 saturated heterocycles. The molecule has 8 heteroatoms. The van der Waals surface area contributed by atoms with Gasteiger partial charge in [0.15, 0.2) is 0 Å². The van der Waals surface area contributed by atoms with Gasteiger partial charge in [0, 0.05) is 36.6 Å². The van der Waals surface area contributed by atoms with E-state index in [-0.39, 0.29) is 11.8 Å². The van der Waals surface area contributed by atoms with Crippen molar-refractivity contribution in [3.63, 3.8) is 0 Å². The number of aryl methyl sites for hydroxylation is 2. The fourth-order valence-corrected chi connectivity index (χ4v) is 3.50. The Labute approximate surface area is 167 Å². The highest BCUT2D eigenvalue weighted by Crippen LogP contribution is 2.29. The maximum Gasteiger partial charge on any atom is 0.229 e. The first-order valence-electron chi connectivity index (χ1n) is 9.11. The fraction of sp³-hybridized carbons (Fsp3) is 0.300. The number of halogens is 1. The summed E-state index contributed by atoms with van der Waals surface area (Å²) < 4.78 is 7.75. The summed E-state index contributed by atoms with van der Waals surface area (Å²) in [6.07, 6.45) is 4.96. The minimum Gasteiger partial charge on any atom is -0.487 e. The Morgan fingerprint density at radius 3 is 3.04 bits per heavy atom. The van der Waals surface area contributed by atoms with Gasteiger partial charge in [-0.3, -0.25) is 9.78 Å². The normalized spacial score (nSPS) is 15.7. The second kappa shape index (κ2) is 7.98. The van der Waals surface area contributed by atoms with Crippen LogP contribution in [0.15, 0.2) is 42.7 Å². The van der Waals surface area contributed by atoms with Gasteiger partial charge in [-0.15, -0.1) is 10.2 Å². The summed E-state index contributed by atoms with van der Waals surface area (Å²) in [6, 6.07) is 9.05. The van der Waals surface area contributed by atoms with Gasteiger partial charge in [0.25, 0.3) is 0 Å². The molecule has 0 spiro atoms. The zero-order chi connectivity index (χ0) is 19.5. The first kappa shape index (κ1) is 18.4. The Hall–Kier alpha value is -2.93. The monoisotopic (exact) mass is 397 g/mol. The topological polar surface area (TPSA) is 81.9 Å². The summed E-state index contributed by atoms with van der Waals surface area (Å²) in [5.41, 5.74) is 1.60. The van der Waals surface area contributed by atoms with Crippen LogP contribution in [0.4, 0.5) is 5.69 Å². The lowest BCUT2D eigenvalue weighted by atomic mass is 9.98. The molecule has 2 aromatic heterocycles. The number of fused-ring (bicyclic) bond motifs is 1. The molecule has 0 saturated carbocycles. The van der Waals surface area contributed by atoms with Gasteiger partial charge in [-0.05, 0) is 37.6 Å². The van der Waals surface area contributed by atoms with E-state index in [1.165, 1.54) is 0 Å². The van der Waals surface area contributed by atoms with E-state index in [9.17, 15) is 4.79 Å². The molecular weight excluding hydrogens is 378 g/mol. The highest BCUT2D eigenvalue weighted by atomic mass is 35.5. The molecule has 4 rings (SSSR count). The van der Waals surface area contributed by atoms with E-state index >= 15 is 0 Å². The number of hydrogen-bond acceptors (Lipinski definition) is 5. The maximum absolute atomic E-state index is 12.7. The van der Waals surface area contributed by atoms with Crippen molar-refractivity contribution in [2.24, 2.45) is 5.92 Å². The zero-order valence-corrected chi connectivity index (χ0v) is 16.2. The average Bonchev–Trinajstić information content (AvgIpc) is 3.08. The van der Waals surface area contributed by atoms with E-state index in [4.69, 9.17) is 16.3 Å². The van der Waals surface area contributed by atoms with Crippen molar-refractivity contribution >= 4 is 23.2 Å². The van der Waals surface area contributed by atoms with Crippen molar-refractivity contribution in [3.05, 3.63) is 65.0 Å². The van der Waals surface area contributed by atoms with Crippen LogP contribution in [-0.4, -0.2) is 25.7 Å². The van der Waals surface area contributed by atoms with Gasteiger partial charge in [0.2, 0.25) is 5.91 Å². The standard InChI is InChI=1S/C20H20ClN5O2/c1-13-24-25-19-7-4-15(11-26(13)19)20(27)23-16-5-6-18(17(21)9-16)28-12-14-3-2-8-22-10-14/h2-3,5-6,8-10,15H,4,7,11-12H2,1H3,(H,23,27). The van der Waals surface area contributed by atoms with Gasteiger partial charge < -0.3 is 14.6 Å². The predicted molar refractivity (Wildman–Crippen MR) is 105 cm³/mol. The van der Waals surface area contributed by atoms with Crippen molar-refractivity contribution in [2.45, 2.75) is 32.9 Å². The molecule has 3 aromatic rings. The number of nitrogens with zero attached hydrogens (tertiary/aromatic N) is 4. The summed E-state index contributed by atoms with van der Waals surface area (Å²) in [7, 11) is 0. The van der Waals surface area contributed by atoms with E-state index in [0.29, 0.717) is 29.6 Å². The van der Waals surface area contributed by atoms with Crippen molar-refractivity contribution in [2.75, 3.05) is 5.32 Å². The largest absolute Gasteiger partial charge is 0.487 e. The Kier molecular flexibility index (Phi) is 5.25. The van der Waals surface area contributed by atoms with E-state index in [0.717, 1.165) is 30.1 Å². The summed E-state index contributed by atoms with van der Waals surface area (Å²) in [5, 5.41) is 11.6. The number of pyridine rings is 1. The quantitative estimate of drug-likeness (QED) is 0.713. The fourth-order valence-electron chi connectivity index (χ4n) is 3.26. The van der Waals surface area contributed by atoms with E-state index in [1.807, 2.05) is 23.6 Å². The van der Waals surface area contributed by atoms with Crippen LogP contribution in [0.5, 0.6) is 5.75 Å². The number of nitrogens with one attached hydrogen (secondary N) is 1. The van der Waals surface area contributed by atoms with Gasteiger partial charge in [-0.25, -0.2) is 0 Å². The smallest absolute Gasteiger partial charge is 0.229 e. The van der Waals surface area contributed by atoms with Gasteiger partial charge >= 0.3 is 0 Å². The highest BCUT2D eigenvalue weighted by Gasteiger charge is 2.27. The SMILES string of the molecule is Cc1nnc2n1CC(C(=O)Nc1ccc(OCc3cccnc3)c(Cl)c1)CC2. The molecule has 3 heterocycles. The molecule has 1 unspecified atom stereocenters. The molecule has 144 valence electrons. The summed E-state index contributed by atoms with van der Waals surface area (Å²) in [4.78, 5) is 16.7. The summed E-state index contributed by atoms with van der Waals surface area (Å²) in [6.45, 7) is 2.88. The first-order chi connectivity index (χ1) is 13.6. The molecule has 1 aliphatic heterocycles. The third-order valence-corrected chi connectivity index (χ3v) is 5.11.